The van der Waals surface area contributed by atoms with Crippen LogP contribution in [0.5, 0.6) is 0 Å². The van der Waals surface area contributed by atoms with Crippen molar-refractivity contribution in [1.82, 2.24) is 5.32 Å². The Morgan fingerprint density at radius 2 is 1.69 bits per heavy atom. The van der Waals surface area contributed by atoms with Gasteiger partial charge in [0.2, 0.25) is 5.91 Å². The minimum Gasteiger partial charge on any atom is -0.383 e. The third kappa shape index (κ3) is 5.06. The van der Waals surface area contributed by atoms with E-state index >= 15 is 0 Å². The minimum atomic E-state index is -3.62. The first kappa shape index (κ1) is 19.9. The van der Waals surface area contributed by atoms with Crippen LogP contribution in [0.15, 0.2) is 53.4 Å². The van der Waals surface area contributed by atoms with Crippen molar-refractivity contribution >= 4 is 21.6 Å². The lowest BCUT2D eigenvalue weighted by Crippen LogP contribution is -2.28. The maximum absolute atomic E-state index is 12.7. The van der Waals surface area contributed by atoms with E-state index < -0.39 is 10.0 Å². The van der Waals surface area contributed by atoms with Gasteiger partial charge < -0.3 is 10.1 Å². The van der Waals surface area contributed by atoms with Crippen molar-refractivity contribution in [3.05, 3.63) is 59.7 Å². The van der Waals surface area contributed by atoms with E-state index in [-0.39, 0.29) is 17.2 Å². The normalized spacial score (nSPS) is 11.2. The van der Waals surface area contributed by atoms with Crippen molar-refractivity contribution in [2.75, 3.05) is 31.6 Å². The van der Waals surface area contributed by atoms with Crippen LogP contribution in [0.4, 0.5) is 5.69 Å². The molecule has 0 radical (unpaired) electrons. The Bertz CT molecular complexity index is 831. The second kappa shape index (κ2) is 8.82. The predicted octanol–water partition coefficient (Wildman–Crippen LogP) is 2.13. The van der Waals surface area contributed by atoms with Crippen molar-refractivity contribution < 1.29 is 17.9 Å². The van der Waals surface area contributed by atoms with Crippen LogP contribution in [0, 0.1) is 6.92 Å². The van der Waals surface area contributed by atoms with Gasteiger partial charge in [-0.2, -0.15) is 0 Å². The number of anilines is 1. The number of carbonyl (C=O) groups excluding carboxylic acids is 1. The van der Waals surface area contributed by atoms with Gasteiger partial charge in [-0.1, -0.05) is 29.8 Å². The second-order valence-corrected chi connectivity index (χ2v) is 7.94. The molecule has 2 aromatic rings. The molecule has 0 saturated heterocycles. The number of rotatable bonds is 8. The van der Waals surface area contributed by atoms with E-state index in [2.05, 4.69) is 5.32 Å². The lowest BCUT2D eigenvalue weighted by atomic mass is 10.1. The Kier molecular flexibility index (Phi) is 6.76. The fourth-order valence-corrected chi connectivity index (χ4v) is 3.57. The summed E-state index contributed by atoms with van der Waals surface area (Å²) >= 11 is 0. The van der Waals surface area contributed by atoms with Crippen LogP contribution in [-0.2, 0) is 26.0 Å². The molecule has 0 unspecified atom stereocenters. The molecule has 0 spiro atoms. The highest BCUT2D eigenvalue weighted by Crippen LogP contribution is 2.22. The molecule has 6 nitrogen and oxygen atoms in total. The van der Waals surface area contributed by atoms with Crippen molar-refractivity contribution in [2.45, 2.75) is 18.2 Å². The van der Waals surface area contributed by atoms with Crippen LogP contribution in [0.25, 0.3) is 0 Å². The Balaban J connectivity index is 2.07. The molecule has 1 amide bonds. The molecule has 7 heteroatoms. The van der Waals surface area contributed by atoms with E-state index in [1.54, 1.807) is 55.6 Å². The van der Waals surface area contributed by atoms with Crippen molar-refractivity contribution in [1.29, 1.82) is 0 Å². The summed E-state index contributed by atoms with van der Waals surface area (Å²) in [5, 5.41) is 2.75. The van der Waals surface area contributed by atoms with E-state index in [1.807, 2.05) is 6.92 Å². The van der Waals surface area contributed by atoms with E-state index in [9.17, 15) is 13.2 Å². The summed E-state index contributed by atoms with van der Waals surface area (Å²) in [5.74, 6) is -0.101. The fourth-order valence-electron chi connectivity index (χ4n) is 2.37. The van der Waals surface area contributed by atoms with Gasteiger partial charge in [-0.3, -0.25) is 9.10 Å². The van der Waals surface area contributed by atoms with Gasteiger partial charge in [0.15, 0.2) is 0 Å². The van der Waals surface area contributed by atoms with Gasteiger partial charge in [-0.25, -0.2) is 8.42 Å². The molecular weight excluding hydrogens is 352 g/mol. The first-order chi connectivity index (χ1) is 12.3. The number of carbonyl (C=O) groups is 1. The van der Waals surface area contributed by atoms with E-state index in [4.69, 9.17) is 4.74 Å². The molecule has 26 heavy (non-hydrogen) atoms. The highest BCUT2D eigenvalue weighted by molar-refractivity contribution is 7.92. The summed E-state index contributed by atoms with van der Waals surface area (Å²) in [6, 6.07) is 13.6. The van der Waals surface area contributed by atoms with Gasteiger partial charge in [-0.05, 0) is 36.8 Å². The zero-order valence-electron chi connectivity index (χ0n) is 15.2. The molecule has 0 atom stereocenters. The van der Waals surface area contributed by atoms with Crippen molar-refractivity contribution in [2.24, 2.45) is 0 Å². The number of hydrogen-bond donors (Lipinski definition) is 1. The molecule has 1 N–H and O–H groups in total. The van der Waals surface area contributed by atoms with Crippen LogP contribution >= 0.6 is 0 Å². The molecule has 140 valence electrons. The van der Waals surface area contributed by atoms with Gasteiger partial charge in [0, 0.05) is 20.7 Å². The first-order valence-electron chi connectivity index (χ1n) is 8.25. The number of benzene rings is 2. The standard InChI is InChI=1S/C19H24N2O4S/c1-15-4-10-18(11-5-15)26(23,24)21(2)17-8-6-16(7-9-17)14-19(22)20-12-13-25-3/h4-11H,12-14H2,1-3H3,(H,20,22). The Labute approximate surface area is 154 Å². The maximum atomic E-state index is 12.7. The highest BCUT2D eigenvalue weighted by atomic mass is 32.2. The maximum Gasteiger partial charge on any atom is 0.264 e. The van der Waals surface area contributed by atoms with Crippen LogP contribution in [0.1, 0.15) is 11.1 Å². The first-order valence-corrected chi connectivity index (χ1v) is 9.69. The Morgan fingerprint density at radius 3 is 2.27 bits per heavy atom. The number of aryl methyl sites for hydroxylation is 1. The zero-order chi connectivity index (χ0) is 19.2. The molecule has 2 aromatic carbocycles. The van der Waals surface area contributed by atoms with E-state index in [0.29, 0.717) is 18.8 Å². The molecule has 0 aromatic heterocycles. The lowest BCUT2D eigenvalue weighted by molar-refractivity contribution is -0.120. The van der Waals surface area contributed by atoms with Crippen LogP contribution in [0.2, 0.25) is 0 Å². The topological polar surface area (TPSA) is 75.7 Å². The quantitative estimate of drug-likeness (QED) is 0.716. The molecule has 0 bridgehead atoms. The number of nitrogens with one attached hydrogen (secondary N) is 1. The lowest BCUT2D eigenvalue weighted by Gasteiger charge is -2.20. The number of hydrogen-bond acceptors (Lipinski definition) is 4. The number of methoxy groups -OCH3 is 1. The third-order valence-electron chi connectivity index (χ3n) is 3.97. The number of ether oxygens (including phenoxy) is 1. The van der Waals surface area contributed by atoms with Crippen molar-refractivity contribution in [3.8, 4) is 0 Å². The number of amides is 1. The predicted molar refractivity (Wildman–Crippen MR) is 102 cm³/mol. The average Bonchev–Trinajstić information content (AvgIpc) is 2.62. The van der Waals surface area contributed by atoms with Gasteiger partial charge in [0.1, 0.15) is 0 Å². The molecule has 0 heterocycles. The summed E-state index contributed by atoms with van der Waals surface area (Å²) in [5.41, 5.74) is 2.35. The van der Waals surface area contributed by atoms with Crippen LogP contribution in [-0.4, -0.2) is 41.6 Å². The summed E-state index contributed by atoms with van der Waals surface area (Å²) in [7, 11) is -0.529. The molecular formula is C19H24N2O4S. The van der Waals surface area contributed by atoms with Crippen molar-refractivity contribution in [3.63, 3.8) is 0 Å². The van der Waals surface area contributed by atoms with Gasteiger partial charge in [-0.15, -0.1) is 0 Å². The summed E-state index contributed by atoms with van der Waals surface area (Å²) in [6.45, 7) is 2.83. The van der Waals surface area contributed by atoms with Gasteiger partial charge >= 0.3 is 0 Å². The third-order valence-corrected chi connectivity index (χ3v) is 5.77. The van der Waals surface area contributed by atoms with E-state index in [0.717, 1.165) is 11.1 Å². The number of sulfonamides is 1. The Morgan fingerprint density at radius 1 is 1.08 bits per heavy atom. The smallest absolute Gasteiger partial charge is 0.264 e. The minimum absolute atomic E-state index is 0.101. The van der Waals surface area contributed by atoms with E-state index in [1.165, 1.54) is 11.4 Å². The number of nitrogens with zero attached hydrogens (tertiary/aromatic N) is 1. The average molecular weight is 376 g/mol. The highest BCUT2D eigenvalue weighted by Gasteiger charge is 2.21. The van der Waals surface area contributed by atoms with Gasteiger partial charge in [0.05, 0.1) is 23.6 Å². The monoisotopic (exact) mass is 376 g/mol. The fraction of sp³-hybridized carbons (Fsp3) is 0.316. The SMILES string of the molecule is COCCNC(=O)Cc1ccc(N(C)S(=O)(=O)c2ccc(C)cc2)cc1. The summed E-state index contributed by atoms with van der Waals surface area (Å²) in [4.78, 5) is 12.0. The molecule has 0 aliphatic rings. The summed E-state index contributed by atoms with van der Waals surface area (Å²) < 4.78 is 31.5. The molecule has 2 rings (SSSR count). The largest absolute Gasteiger partial charge is 0.383 e. The van der Waals surface area contributed by atoms with Gasteiger partial charge in [0.25, 0.3) is 10.0 Å². The van der Waals surface area contributed by atoms with Crippen LogP contribution in [0.3, 0.4) is 0 Å². The molecule has 0 fully saturated rings. The summed E-state index contributed by atoms with van der Waals surface area (Å²) in [6.07, 6.45) is 0.235. The zero-order valence-corrected chi connectivity index (χ0v) is 16.0. The molecule has 0 saturated carbocycles. The Hall–Kier alpha value is -2.38. The van der Waals surface area contributed by atoms with Crippen LogP contribution < -0.4 is 9.62 Å². The second-order valence-electron chi connectivity index (χ2n) is 5.97. The molecule has 0 aliphatic heterocycles. The molecule has 0 aliphatic carbocycles.